The second kappa shape index (κ2) is 3.42. The van der Waals surface area contributed by atoms with Crippen molar-refractivity contribution in [2.75, 3.05) is 0 Å². The van der Waals surface area contributed by atoms with Gasteiger partial charge in [0.15, 0.2) is 0 Å². The molecule has 0 unspecified atom stereocenters. The number of carboxylic acid groups (broad SMARTS) is 1. The molecule has 0 aromatic heterocycles. The van der Waals surface area contributed by atoms with Gasteiger partial charge in [0.25, 0.3) is 0 Å². The normalized spacial score (nSPS) is 25.5. The van der Waals surface area contributed by atoms with Crippen LogP contribution in [0.5, 0.6) is 0 Å². The molecule has 14 heavy (non-hydrogen) atoms. The Kier molecular flexibility index (Phi) is 2.25. The quantitative estimate of drug-likeness (QED) is 0.704. The molecular weight excluding hydrogens is 178 g/mol. The Labute approximate surface area is 82.5 Å². The van der Waals surface area contributed by atoms with Crippen LogP contribution in [0.1, 0.15) is 23.6 Å². The summed E-state index contributed by atoms with van der Waals surface area (Å²) in [6.45, 7) is 0. The first-order valence-electron chi connectivity index (χ1n) is 4.76. The molecule has 3 heteroatoms. The maximum atomic E-state index is 10.9. The Hall–Kier alpha value is -1.35. The van der Waals surface area contributed by atoms with Crippen LogP contribution in [0.25, 0.3) is 0 Å². The highest BCUT2D eigenvalue weighted by atomic mass is 16.4. The maximum absolute atomic E-state index is 10.9. The number of hydrogen-bond acceptors (Lipinski definition) is 2. The highest BCUT2D eigenvalue weighted by molar-refractivity contribution is 5.72. The van der Waals surface area contributed by atoms with Gasteiger partial charge in [0.05, 0.1) is 5.92 Å². The van der Waals surface area contributed by atoms with Crippen molar-refractivity contribution < 1.29 is 9.90 Å². The second-order valence-electron chi connectivity index (χ2n) is 3.71. The molecule has 2 rings (SSSR count). The predicted molar refractivity (Wildman–Crippen MR) is 52.8 cm³/mol. The zero-order valence-corrected chi connectivity index (χ0v) is 7.81. The molecule has 2 atom stereocenters. The third kappa shape index (κ3) is 1.40. The molecule has 0 fully saturated rings. The number of aryl methyl sites for hydroxylation is 1. The molecule has 1 aliphatic carbocycles. The first-order valence-corrected chi connectivity index (χ1v) is 4.76. The van der Waals surface area contributed by atoms with Gasteiger partial charge in [0, 0.05) is 6.04 Å². The van der Waals surface area contributed by atoms with E-state index >= 15 is 0 Å². The topological polar surface area (TPSA) is 63.3 Å². The Morgan fingerprint density at radius 1 is 1.43 bits per heavy atom. The van der Waals surface area contributed by atoms with Gasteiger partial charge in [-0.2, -0.15) is 0 Å². The summed E-state index contributed by atoms with van der Waals surface area (Å²) in [6, 6.07) is 7.47. The lowest BCUT2D eigenvalue weighted by Gasteiger charge is -2.27. The van der Waals surface area contributed by atoms with Crippen molar-refractivity contribution in [3.63, 3.8) is 0 Å². The summed E-state index contributed by atoms with van der Waals surface area (Å²) >= 11 is 0. The molecule has 0 aliphatic heterocycles. The minimum Gasteiger partial charge on any atom is -0.481 e. The molecular formula is C11H13NO2. The lowest BCUT2D eigenvalue weighted by atomic mass is 9.80. The summed E-state index contributed by atoms with van der Waals surface area (Å²) in [7, 11) is 0. The van der Waals surface area contributed by atoms with Crippen LogP contribution < -0.4 is 5.73 Å². The van der Waals surface area contributed by atoms with Crippen LogP contribution in [0.2, 0.25) is 0 Å². The molecule has 1 aromatic rings. The summed E-state index contributed by atoms with van der Waals surface area (Å²) in [5.74, 6) is -1.21. The molecule has 0 saturated carbocycles. The average Bonchev–Trinajstić information content (AvgIpc) is 2.18. The van der Waals surface area contributed by atoms with Crippen LogP contribution in [-0.2, 0) is 11.2 Å². The standard InChI is InChI=1S/C11H13NO2/c12-10-8-4-2-1-3-7(8)5-6-9(10)11(13)14/h1-4,9-10H,5-6,12H2,(H,13,14)/t9-,10-/m0/s1. The average molecular weight is 191 g/mol. The van der Waals surface area contributed by atoms with E-state index in [1.54, 1.807) is 0 Å². The first-order chi connectivity index (χ1) is 6.70. The molecule has 1 aliphatic rings. The lowest BCUT2D eigenvalue weighted by molar-refractivity contribution is -0.143. The molecule has 0 spiro atoms. The number of nitrogens with two attached hydrogens (primary N) is 1. The van der Waals surface area contributed by atoms with Gasteiger partial charge in [-0.15, -0.1) is 0 Å². The molecule has 74 valence electrons. The number of rotatable bonds is 1. The lowest BCUT2D eigenvalue weighted by Crippen LogP contribution is -2.32. The third-order valence-corrected chi connectivity index (χ3v) is 2.89. The van der Waals surface area contributed by atoms with Gasteiger partial charge in [0.1, 0.15) is 0 Å². The van der Waals surface area contributed by atoms with Crippen molar-refractivity contribution in [2.24, 2.45) is 11.7 Å². The molecule has 0 heterocycles. The van der Waals surface area contributed by atoms with Gasteiger partial charge >= 0.3 is 5.97 Å². The van der Waals surface area contributed by atoms with Crippen LogP contribution in [0.4, 0.5) is 0 Å². The van der Waals surface area contributed by atoms with E-state index in [-0.39, 0.29) is 6.04 Å². The summed E-state index contributed by atoms with van der Waals surface area (Å²) < 4.78 is 0. The van der Waals surface area contributed by atoms with E-state index < -0.39 is 11.9 Å². The van der Waals surface area contributed by atoms with E-state index in [1.807, 2.05) is 24.3 Å². The zero-order valence-electron chi connectivity index (χ0n) is 7.81. The zero-order chi connectivity index (χ0) is 10.1. The van der Waals surface area contributed by atoms with Gasteiger partial charge in [-0.05, 0) is 24.0 Å². The van der Waals surface area contributed by atoms with Gasteiger partial charge in [-0.1, -0.05) is 24.3 Å². The molecule has 3 N–H and O–H groups in total. The third-order valence-electron chi connectivity index (χ3n) is 2.89. The molecule has 3 nitrogen and oxygen atoms in total. The van der Waals surface area contributed by atoms with E-state index in [9.17, 15) is 4.79 Å². The maximum Gasteiger partial charge on any atom is 0.308 e. The summed E-state index contributed by atoms with van der Waals surface area (Å²) in [4.78, 5) is 10.9. The van der Waals surface area contributed by atoms with E-state index in [0.717, 1.165) is 12.0 Å². The SMILES string of the molecule is N[C@H]1c2ccccc2CC[C@@H]1C(=O)O. The molecule has 0 saturated heterocycles. The molecule has 0 radical (unpaired) electrons. The number of fused-ring (bicyclic) bond motifs is 1. The Bertz CT molecular complexity index is 362. The number of carboxylic acids is 1. The Morgan fingerprint density at radius 3 is 2.86 bits per heavy atom. The minimum absolute atomic E-state index is 0.350. The van der Waals surface area contributed by atoms with E-state index in [4.69, 9.17) is 10.8 Å². The Morgan fingerprint density at radius 2 is 2.14 bits per heavy atom. The summed E-state index contributed by atoms with van der Waals surface area (Å²) in [5.41, 5.74) is 8.09. The highest BCUT2D eigenvalue weighted by Crippen LogP contribution is 2.32. The minimum atomic E-state index is -0.785. The second-order valence-corrected chi connectivity index (χ2v) is 3.71. The fraction of sp³-hybridized carbons (Fsp3) is 0.364. The van der Waals surface area contributed by atoms with Crippen molar-refractivity contribution >= 4 is 5.97 Å². The molecule has 0 amide bonds. The van der Waals surface area contributed by atoms with E-state index in [2.05, 4.69) is 0 Å². The van der Waals surface area contributed by atoms with Crippen LogP contribution in [-0.4, -0.2) is 11.1 Å². The number of benzene rings is 1. The van der Waals surface area contributed by atoms with Crippen LogP contribution in [0.15, 0.2) is 24.3 Å². The number of hydrogen-bond donors (Lipinski definition) is 2. The van der Waals surface area contributed by atoms with Crippen molar-refractivity contribution in [2.45, 2.75) is 18.9 Å². The van der Waals surface area contributed by atoms with Crippen molar-refractivity contribution in [1.29, 1.82) is 0 Å². The van der Waals surface area contributed by atoms with Gasteiger partial charge in [-0.3, -0.25) is 4.79 Å². The fourth-order valence-electron chi connectivity index (χ4n) is 2.07. The van der Waals surface area contributed by atoms with E-state index in [1.165, 1.54) is 5.56 Å². The van der Waals surface area contributed by atoms with Crippen LogP contribution in [0.3, 0.4) is 0 Å². The first kappa shape index (κ1) is 9.21. The van der Waals surface area contributed by atoms with Gasteiger partial charge in [0.2, 0.25) is 0 Å². The summed E-state index contributed by atoms with van der Waals surface area (Å²) in [5, 5.41) is 8.95. The van der Waals surface area contributed by atoms with Crippen molar-refractivity contribution in [3.8, 4) is 0 Å². The van der Waals surface area contributed by atoms with Gasteiger partial charge < -0.3 is 10.8 Å². The number of aliphatic carboxylic acids is 1. The summed E-state index contributed by atoms with van der Waals surface area (Å²) in [6.07, 6.45) is 1.47. The smallest absolute Gasteiger partial charge is 0.308 e. The van der Waals surface area contributed by atoms with Crippen molar-refractivity contribution in [3.05, 3.63) is 35.4 Å². The Balaban J connectivity index is 2.36. The van der Waals surface area contributed by atoms with Crippen molar-refractivity contribution in [1.82, 2.24) is 0 Å². The highest BCUT2D eigenvalue weighted by Gasteiger charge is 2.31. The van der Waals surface area contributed by atoms with Crippen LogP contribution in [0, 0.1) is 5.92 Å². The van der Waals surface area contributed by atoms with E-state index in [0.29, 0.717) is 6.42 Å². The predicted octanol–water partition coefficient (Wildman–Crippen LogP) is 1.33. The van der Waals surface area contributed by atoms with Gasteiger partial charge in [-0.25, -0.2) is 0 Å². The molecule has 0 bridgehead atoms. The molecule has 1 aromatic carbocycles. The fourth-order valence-corrected chi connectivity index (χ4v) is 2.07. The van der Waals surface area contributed by atoms with Crippen LogP contribution >= 0.6 is 0 Å². The number of carbonyl (C=O) groups is 1. The monoisotopic (exact) mass is 191 g/mol. The largest absolute Gasteiger partial charge is 0.481 e.